The number of carbonyl (C=O) groups excluding carboxylic acids is 1. The molecule has 1 spiro atoms. The van der Waals surface area contributed by atoms with Gasteiger partial charge in [-0.2, -0.15) is 0 Å². The summed E-state index contributed by atoms with van der Waals surface area (Å²) in [4.78, 5) is 17.5. The van der Waals surface area contributed by atoms with Crippen LogP contribution in [-0.4, -0.2) is 42.6 Å². The molecule has 0 aromatic heterocycles. The highest BCUT2D eigenvalue weighted by Crippen LogP contribution is 2.36. The van der Waals surface area contributed by atoms with Crippen molar-refractivity contribution in [1.82, 2.24) is 10.2 Å². The van der Waals surface area contributed by atoms with Crippen molar-refractivity contribution in [2.24, 2.45) is 0 Å². The van der Waals surface area contributed by atoms with Crippen LogP contribution < -0.4 is 10.2 Å². The van der Waals surface area contributed by atoms with Crippen molar-refractivity contribution < 1.29 is 13.6 Å². The Bertz CT molecular complexity index is 1140. The largest absolute Gasteiger partial charge is 0.339 e. The summed E-state index contributed by atoms with van der Waals surface area (Å²) in [6.07, 6.45) is 3.35. The maximum absolute atomic E-state index is 13.9. The second-order valence-corrected chi connectivity index (χ2v) is 9.60. The molecule has 0 unspecified atom stereocenters. The van der Waals surface area contributed by atoms with E-state index >= 15 is 0 Å². The number of benzene rings is 3. The van der Waals surface area contributed by atoms with Gasteiger partial charge in [0.25, 0.3) is 0 Å². The number of piperidine rings is 1. The quantitative estimate of drug-likeness (QED) is 0.503. The van der Waals surface area contributed by atoms with Gasteiger partial charge in [0.15, 0.2) is 0 Å². The lowest BCUT2D eigenvalue weighted by molar-refractivity contribution is -0.125. The Hall–Kier alpha value is -3.25. The minimum absolute atomic E-state index is 0.0108. The van der Waals surface area contributed by atoms with Crippen molar-refractivity contribution in [3.63, 3.8) is 0 Å². The third-order valence-corrected chi connectivity index (χ3v) is 7.58. The summed E-state index contributed by atoms with van der Waals surface area (Å²) in [5, 5.41) is 3.06. The molecular weight excluding hydrogens is 444 g/mol. The van der Waals surface area contributed by atoms with Crippen LogP contribution in [0.1, 0.15) is 42.7 Å². The summed E-state index contributed by atoms with van der Waals surface area (Å²) in [6, 6.07) is 23.4. The SMILES string of the molecule is O=C1NCN(c2ccccc2)C12CCN(CCC[C@H](c1ccc(F)cc1)c1cccc(F)c1)CC2. The van der Waals surface area contributed by atoms with Gasteiger partial charge in [-0.15, -0.1) is 0 Å². The van der Waals surface area contributed by atoms with Gasteiger partial charge in [0.05, 0.1) is 6.67 Å². The van der Waals surface area contributed by atoms with Gasteiger partial charge in [0.1, 0.15) is 17.2 Å². The number of anilines is 1. The number of likely N-dealkylation sites (tertiary alicyclic amines) is 1. The Balaban J connectivity index is 1.22. The Morgan fingerprint density at radius 3 is 2.31 bits per heavy atom. The van der Waals surface area contributed by atoms with Crippen LogP contribution in [0.25, 0.3) is 0 Å². The molecule has 3 aromatic carbocycles. The van der Waals surface area contributed by atoms with E-state index in [-0.39, 0.29) is 23.5 Å². The molecule has 1 amide bonds. The van der Waals surface area contributed by atoms with E-state index in [2.05, 4.69) is 27.2 Å². The van der Waals surface area contributed by atoms with Crippen molar-refractivity contribution in [3.8, 4) is 0 Å². The molecule has 2 saturated heterocycles. The van der Waals surface area contributed by atoms with Crippen LogP contribution in [0.3, 0.4) is 0 Å². The number of para-hydroxylation sites is 1. The van der Waals surface area contributed by atoms with Crippen molar-refractivity contribution >= 4 is 11.6 Å². The van der Waals surface area contributed by atoms with E-state index in [0.717, 1.165) is 62.1 Å². The van der Waals surface area contributed by atoms with Gasteiger partial charge in [-0.25, -0.2) is 8.78 Å². The number of hydrogen-bond acceptors (Lipinski definition) is 3. The minimum atomic E-state index is -0.476. The minimum Gasteiger partial charge on any atom is -0.339 e. The van der Waals surface area contributed by atoms with Gasteiger partial charge in [0.2, 0.25) is 5.91 Å². The molecule has 3 aromatic rings. The van der Waals surface area contributed by atoms with E-state index in [0.29, 0.717) is 6.67 Å². The van der Waals surface area contributed by atoms with E-state index in [4.69, 9.17) is 0 Å². The Morgan fingerprint density at radius 2 is 1.60 bits per heavy atom. The molecule has 2 heterocycles. The summed E-state index contributed by atoms with van der Waals surface area (Å²) in [7, 11) is 0. The molecular formula is C29H31F2N3O. The van der Waals surface area contributed by atoms with Crippen molar-refractivity contribution in [2.45, 2.75) is 37.1 Å². The van der Waals surface area contributed by atoms with E-state index in [1.165, 1.54) is 18.2 Å². The zero-order valence-corrected chi connectivity index (χ0v) is 19.8. The number of hydrogen-bond donors (Lipinski definition) is 1. The third kappa shape index (κ3) is 4.94. The number of halogens is 2. The number of amides is 1. The fourth-order valence-electron chi connectivity index (χ4n) is 5.64. The maximum Gasteiger partial charge on any atom is 0.247 e. The van der Waals surface area contributed by atoms with Crippen LogP contribution in [-0.2, 0) is 4.79 Å². The Morgan fingerprint density at radius 1 is 0.857 bits per heavy atom. The normalized spacial score (nSPS) is 18.6. The maximum atomic E-state index is 13.9. The summed E-state index contributed by atoms with van der Waals surface area (Å²) in [5.74, 6) is -0.386. The summed E-state index contributed by atoms with van der Waals surface area (Å²) in [6.45, 7) is 3.18. The van der Waals surface area contributed by atoms with Crippen LogP contribution >= 0.6 is 0 Å². The summed E-state index contributed by atoms with van der Waals surface area (Å²) in [5.41, 5.74) is 2.51. The average molecular weight is 476 g/mol. The molecule has 2 aliphatic rings. The Labute approximate surface area is 205 Å². The zero-order chi connectivity index (χ0) is 24.3. The first kappa shape index (κ1) is 23.5. The summed E-state index contributed by atoms with van der Waals surface area (Å²) >= 11 is 0. The van der Waals surface area contributed by atoms with Gasteiger partial charge in [0, 0.05) is 24.7 Å². The lowest BCUT2D eigenvalue weighted by atomic mass is 9.85. The van der Waals surface area contributed by atoms with Crippen LogP contribution in [0.4, 0.5) is 14.5 Å². The van der Waals surface area contributed by atoms with Crippen molar-refractivity contribution in [2.75, 3.05) is 31.2 Å². The average Bonchev–Trinajstić information content (AvgIpc) is 3.19. The molecule has 1 atom stereocenters. The molecule has 0 aliphatic carbocycles. The molecule has 0 radical (unpaired) electrons. The van der Waals surface area contributed by atoms with Crippen LogP contribution in [0.2, 0.25) is 0 Å². The first-order valence-electron chi connectivity index (χ1n) is 12.4. The Kier molecular flexibility index (Phi) is 6.82. The lowest BCUT2D eigenvalue weighted by Gasteiger charge is -2.43. The molecule has 0 saturated carbocycles. The predicted octanol–water partition coefficient (Wildman–Crippen LogP) is 5.31. The van der Waals surface area contributed by atoms with Gasteiger partial charge < -0.3 is 15.1 Å². The highest BCUT2D eigenvalue weighted by Gasteiger charge is 2.50. The van der Waals surface area contributed by atoms with Gasteiger partial charge in [-0.1, -0.05) is 42.5 Å². The number of carbonyl (C=O) groups is 1. The monoisotopic (exact) mass is 475 g/mol. The highest BCUT2D eigenvalue weighted by molar-refractivity contribution is 5.93. The molecule has 182 valence electrons. The molecule has 2 aliphatic heterocycles. The molecule has 1 N–H and O–H groups in total. The molecule has 35 heavy (non-hydrogen) atoms. The first-order chi connectivity index (χ1) is 17.0. The fraction of sp³-hybridized carbons (Fsp3) is 0.345. The lowest BCUT2D eigenvalue weighted by Crippen LogP contribution is -2.56. The standard InChI is InChI=1S/C29H31F2N3O/c30-24-13-11-22(12-14-24)27(23-6-4-7-25(31)20-23)10-5-17-33-18-15-29(16-19-33)28(35)32-21-34(29)26-8-2-1-3-9-26/h1-4,6-9,11-14,20,27H,5,10,15-19,21H2,(H,32,35)/t27-/m1/s1. The third-order valence-electron chi connectivity index (χ3n) is 7.58. The van der Waals surface area contributed by atoms with E-state index < -0.39 is 5.54 Å². The first-order valence-corrected chi connectivity index (χ1v) is 12.4. The second-order valence-electron chi connectivity index (χ2n) is 9.60. The number of nitrogens with zero attached hydrogens (tertiary/aromatic N) is 2. The van der Waals surface area contributed by atoms with Gasteiger partial charge in [-0.05, 0) is 79.8 Å². The molecule has 2 fully saturated rings. The van der Waals surface area contributed by atoms with Crippen LogP contribution in [0.5, 0.6) is 0 Å². The highest BCUT2D eigenvalue weighted by atomic mass is 19.1. The molecule has 0 bridgehead atoms. The van der Waals surface area contributed by atoms with E-state index in [1.54, 1.807) is 24.3 Å². The molecule has 5 rings (SSSR count). The molecule has 4 nitrogen and oxygen atoms in total. The van der Waals surface area contributed by atoms with E-state index in [9.17, 15) is 13.6 Å². The summed E-state index contributed by atoms with van der Waals surface area (Å²) < 4.78 is 27.4. The number of rotatable bonds is 7. The predicted molar refractivity (Wildman–Crippen MR) is 134 cm³/mol. The smallest absolute Gasteiger partial charge is 0.247 e. The second kappa shape index (κ2) is 10.2. The zero-order valence-electron chi connectivity index (χ0n) is 19.8. The topological polar surface area (TPSA) is 35.6 Å². The van der Waals surface area contributed by atoms with Gasteiger partial charge >= 0.3 is 0 Å². The van der Waals surface area contributed by atoms with Crippen LogP contribution in [0, 0.1) is 11.6 Å². The van der Waals surface area contributed by atoms with Crippen molar-refractivity contribution in [3.05, 3.63) is 102 Å². The van der Waals surface area contributed by atoms with Crippen molar-refractivity contribution in [1.29, 1.82) is 0 Å². The number of nitrogens with one attached hydrogen (secondary N) is 1. The van der Waals surface area contributed by atoms with E-state index in [1.807, 2.05) is 24.3 Å². The fourth-order valence-corrected chi connectivity index (χ4v) is 5.64. The molecule has 6 heteroatoms. The van der Waals surface area contributed by atoms with Crippen LogP contribution in [0.15, 0.2) is 78.9 Å². The van der Waals surface area contributed by atoms with Gasteiger partial charge in [-0.3, -0.25) is 4.79 Å².